The maximum Gasteiger partial charge on any atom is 0.317 e. The number of carboxylic acid groups (broad SMARTS) is 1. The molecular weight excluding hydrogens is 258 g/mol. The highest BCUT2D eigenvalue weighted by atomic mass is 16.4. The van der Waals surface area contributed by atoms with Crippen molar-refractivity contribution in [3.8, 4) is 0 Å². The van der Waals surface area contributed by atoms with Gasteiger partial charge in [-0.1, -0.05) is 6.92 Å². The van der Waals surface area contributed by atoms with Crippen molar-refractivity contribution in [1.29, 1.82) is 0 Å². The number of nitrogens with one attached hydrogen (secondary N) is 2. The Kier molecular flexibility index (Phi) is 8.02. The van der Waals surface area contributed by atoms with E-state index in [1.54, 1.807) is 0 Å². The molecule has 20 heavy (non-hydrogen) atoms. The average molecular weight is 285 g/mol. The lowest BCUT2D eigenvalue weighted by molar-refractivity contribution is -0.137. The van der Waals surface area contributed by atoms with Gasteiger partial charge in [0.2, 0.25) is 0 Å². The molecule has 0 saturated carbocycles. The van der Waals surface area contributed by atoms with Gasteiger partial charge in [-0.05, 0) is 45.2 Å². The van der Waals surface area contributed by atoms with Crippen LogP contribution in [0.15, 0.2) is 0 Å². The monoisotopic (exact) mass is 285 g/mol. The minimum Gasteiger partial charge on any atom is -0.481 e. The molecule has 1 heterocycles. The normalized spacial score (nSPS) is 15.8. The summed E-state index contributed by atoms with van der Waals surface area (Å²) in [5.41, 5.74) is 0. The number of amides is 2. The van der Waals surface area contributed by atoms with Crippen LogP contribution >= 0.6 is 0 Å². The van der Waals surface area contributed by atoms with E-state index in [4.69, 9.17) is 5.11 Å². The fourth-order valence-electron chi connectivity index (χ4n) is 2.51. The highest BCUT2D eigenvalue weighted by molar-refractivity contribution is 5.74. The molecule has 6 heteroatoms. The molecule has 0 aromatic carbocycles. The summed E-state index contributed by atoms with van der Waals surface area (Å²) in [6, 6.07) is 0.323. The predicted octanol–water partition coefficient (Wildman–Crippen LogP) is 1.41. The standard InChI is InChI=1S/C14H27N3O3/c1-2-11-17(12-6-9-15-10-7-12)14(20)16-8-4-3-5-13(18)19/h12,15H,2-11H2,1H3,(H,16,20)(H,18,19). The number of rotatable bonds is 8. The molecular formula is C14H27N3O3. The summed E-state index contributed by atoms with van der Waals surface area (Å²) in [7, 11) is 0. The van der Waals surface area contributed by atoms with Gasteiger partial charge in [0.25, 0.3) is 0 Å². The maximum absolute atomic E-state index is 12.2. The first-order chi connectivity index (χ1) is 9.65. The van der Waals surface area contributed by atoms with Crippen LogP contribution < -0.4 is 10.6 Å². The van der Waals surface area contributed by atoms with E-state index in [0.717, 1.165) is 38.9 Å². The van der Waals surface area contributed by atoms with Crippen molar-refractivity contribution in [1.82, 2.24) is 15.5 Å². The molecule has 1 rings (SSSR count). The molecule has 3 N–H and O–H groups in total. The maximum atomic E-state index is 12.2. The van der Waals surface area contributed by atoms with Crippen molar-refractivity contribution in [3.63, 3.8) is 0 Å². The van der Waals surface area contributed by atoms with Crippen LogP contribution in [0.4, 0.5) is 4.79 Å². The number of carbonyl (C=O) groups is 2. The van der Waals surface area contributed by atoms with E-state index in [-0.39, 0.29) is 12.5 Å². The van der Waals surface area contributed by atoms with E-state index in [1.807, 2.05) is 4.90 Å². The molecule has 0 atom stereocenters. The van der Waals surface area contributed by atoms with Gasteiger partial charge < -0.3 is 20.6 Å². The molecule has 1 fully saturated rings. The highest BCUT2D eigenvalue weighted by Gasteiger charge is 2.24. The van der Waals surface area contributed by atoms with Crippen LogP contribution in [0.5, 0.6) is 0 Å². The first-order valence-corrected chi connectivity index (χ1v) is 7.62. The second-order valence-corrected chi connectivity index (χ2v) is 5.26. The number of nitrogens with zero attached hydrogens (tertiary/aromatic N) is 1. The molecule has 1 aliphatic rings. The number of carboxylic acids is 1. The molecule has 1 aliphatic heterocycles. The van der Waals surface area contributed by atoms with Crippen molar-refractivity contribution in [2.45, 2.75) is 51.5 Å². The van der Waals surface area contributed by atoms with Crippen LogP contribution in [0.1, 0.15) is 45.4 Å². The fourth-order valence-corrected chi connectivity index (χ4v) is 2.51. The molecule has 1 saturated heterocycles. The predicted molar refractivity (Wildman–Crippen MR) is 77.8 cm³/mol. The van der Waals surface area contributed by atoms with E-state index < -0.39 is 5.97 Å². The van der Waals surface area contributed by atoms with Gasteiger partial charge in [-0.3, -0.25) is 4.79 Å². The Morgan fingerprint density at radius 2 is 2.00 bits per heavy atom. The van der Waals surface area contributed by atoms with Crippen molar-refractivity contribution in [2.75, 3.05) is 26.2 Å². The third kappa shape index (κ3) is 6.23. The zero-order chi connectivity index (χ0) is 14.8. The lowest BCUT2D eigenvalue weighted by Gasteiger charge is -2.34. The van der Waals surface area contributed by atoms with Gasteiger partial charge in [0.1, 0.15) is 0 Å². The van der Waals surface area contributed by atoms with E-state index in [2.05, 4.69) is 17.6 Å². The van der Waals surface area contributed by atoms with Crippen molar-refractivity contribution in [3.05, 3.63) is 0 Å². The molecule has 116 valence electrons. The quantitative estimate of drug-likeness (QED) is 0.589. The summed E-state index contributed by atoms with van der Waals surface area (Å²) in [5.74, 6) is -0.779. The molecule has 6 nitrogen and oxygen atoms in total. The Labute approximate surface area is 120 Å². The Hall–Kier alpha value is -1.30. The second-order valence-electron chi connectivity index (χ2n) is 5.26. The third-order valence-corrected chi connectivity index (χ3v) is 3.57. The minimum atomic E-state index is -0.779. The van der Waals surface area contributed by atoms with Gasteiger partial charge in [0.05, 0.1) is 0 Å². The Morgan fingerprint density at radius 3 is 2.60 bits per heavy atom. The number of carbonyl (C=O) groups excluding carboxylic acids is 1. The minimum absolute atomic E-state index is 0.00549. The number of piperidine rings is 1. The summed E-state index contributed by atoms with van der Waals surface area (Å²) in [6.07, 6.45) is 4.46. The molecule has 0 aromatic heterocycles. The van der Waals surface area contributed by atoms with Crippen LogP contribution in [0.25, 0.3) is 0 Å². The van der Waals surface area contributed by atoms with Gasteiger partial charge in [-0.15, -0.1) is 0 Å². The first-order valence-electron chi connectivity index (χ1n) is 7.62. The highest BCUT2D eigenvalue weighted by Crippen LogP contribution is 2.12. The van der Waals surface area contributed by atoms with Gasteiger partial charge in [-0.25, -0.2) is 4.79 Å². The number of hydrogen-bond donors (Lipinski definition) is 3. The smallest absolute Gasteiger partial charge is 0.317 e. The molecule has 2 amide bonds. The molecule has 0 aromatic rings. The summed E-state index contributed by atoms with van der Waals surface area (Å²) in [4.78, 5) is 24.5. The Balaban J connectivity index is 2.30. The number of aliphatic carboxylic acids is 1. The van der Waals surface area contributed by atoms with E-state index in [9.17, 15) is 9.59 Å². The van der Waals surface area contributed by atoms with E-state index >= 15 is 0 Å². The van der Waals surface area contributed by atoms with E-state index in [0.29, 0.717) is 25.4 Å². The van der Waals surface area contributed by atoms with Gasteiger partial charge in [0, 0.05) is 25.6 Å². The first kappa shape index (κ1) is 16.8. The van der Waals surface area contributed by atoms with Crippen molar-refractivity contribution in [2.24, 2.45) is 0 Å². The van der Waals surface area contributed by atoms with E-state index in [1.165, 1.54) is 0 Å². The molecule has 0 radical (unpaired) electrons. The van der Waals surface area contributed by atoms with Crippen molar-refractivity contribution < 1.29 is 14.7 Å². The molecule has 0 spiro atoms. The summed E-state index contributed by atoms with van der Waals surface area (Å²) in [5, 5.41) is 14.8. The van der Waals surface area contributed by atoms with Crippen molar-refractivity contribution >= 4 is 12.0 Å². The zero-order valence-corrected chi connectivity index (χ0v) is 12.4. The molecule has 0 bridgehead atoms. The van der Waals surface area contributed by atoms with Gasteiger partial charge in [0.15, 0.2) is 0 Å². The average Bonchev–Trinajstić information content (AvgIpc) is 2.44. The fraction of sp³-hybridized carbons (Fsp3) is 0.857. The topological polar surface area (TPSA) is 81.7 Å². The third-order valence-electron chi connectivity index (χ3n) is 3.57. The largest absolute Gasteiger partial charge is 0.481 e. The summed E-state index contributed by atoms with van der Waals surface area (Å²) >= 11 is 0. The Bertz CT molecular complexity index is 304. The van der Waals surface area contributed by atoms with Crippen LogP contribution in [-0.2, 0) is 4.79 Å². The summed E-state index contributed by atoms with van der Waals surface area (Å²) in [6.45, 7) is 5.35. The van der Waals surface area contributed by atoms with Crippen LogP contribution in [0.3, 0.4) is 0 Å². The Morgan fingerprint density at radius 1 is 1.30 bits per heavy atom. The zero-order valence-electron chi connectivity index (χ0n) is 12.4. The number of hydrogen-bond acceptors (Lipinski definition) is 3. The second kappa shape index (κ2) is 9.58. The summed E-state index contributed by atoms with van der Waals surface area (Å²) < 4.78 is 0. The number of urea groups is 1. The van der Waals surface area contributed by atoms with Gasteiger partial charge in [-0.2, -0.15) is 0 Å². The van der Waals surface area contributed by atoms with Crippen LogP contribution in [-0.4, -0.2) is 54.2 Å². The van der Waals surface area contributed by atoms with Crippen LogP contribution in [0, 0.1) is 0 Å². The molecule has 0 unspecified atom stereocenters. The van der Waals surface area contributed by atoms with Crippen LogP contribution in [0.2, 0.25) is 0 Å². The number of unbranched alkanes of at least 4 members (excludes halogenated alkanes) is 1. The van der Waals surface area contributed by atoms with Gasteiger partial charge >= 0.3 is 12.0 Å². The molecule has 0 aliphatic carbocycles. The lowest BCUT2D eigenvalue weighted by atomic mass is 10.0. The lowest BCUT2D eigenvalue weighted by Crippen LogP contribution is -2.50. The SMILES string of the molecule is CCCN(C(=O)NCCCCC(=O)O)C1CCNCC1.